The second-order valence-electron chi connectivity index (χ2n) is 10.5. The molecule has 3 aromatic carbocycles. The summed E-state index contributed by atoms with van der Waals surface area (Å²) >= 11 is 0. The highest BCUT2D eigenvalue weighted by atomic mass is 19.4. The Morgan fingerprint density at radius 1 is 0.763 bits per heavy atom. The summed E-state index contributed by atoms with van der Waals surface area (Å²) in [6, 6.07) is 14.0. The molecule has 6 heteroatoms. The predicted molar refractivity (Wildman–Crippen MR) is 141 cm³/mol. The molecule has 38 heavy (non-hydrogen) atoms. The maximum Gasteiger partial charge on any atom is 0.416 e. The van der Waals surface area contributed by atoms with Gasteiger partial charge in [-0.3, -0.25) is 0 Å². The molecule has 0 unspecified atom stereocenters. The Kier molecular flexibility index (Phi) is 9.45. The maximum atomic E-state index is 14.7. The number of unbranched alkanes of at least 4 members (excludes halogenated alkanes) is 2. The van der Waals surface area contributed by atoms with E-state index in [0.29, 0.717) is 11.1 Å². The normalized spacial score (nSPS) is 17.9. The first-order valence-electron chi connectivity index (χ1n) is 13.7. The summed E-state index contributed by atoms with van der Waals surface area (Å²) in [6.45, 7) is 2.25. The third-order valence-electron chi connectivity index (χ3n) is 7.74. The minimum absolute atomic E-state index is 0.0135. The molecule has 1 saturated carbocycles. The van der Waals surface area contributed by atoms with Gasteiger partial charge in [0.1, 0.15) is 5.75 Å². The Balaban J connectivity index is 1.39. The summed E-state index contributed by atoms with van der Waals surface area (Å²) in [4.78, 5) is 0. The summed E-state index contributed by atoms with van der Waals surface area (Å²) in [7, 11) is 0. The summed E-state index contributed by atoms with van der Waals surface area (Å²) < 4.78 is 72.9. The zero-order valence-electron chi connectivity index (χ0n) is 21.8. The van der Waals surface area contributed by atoms with Gasteiger partial charge in [-0.2, -0.15) is 17.6 Å². The van der Waals surface area contributed by atoms with Gasteiger partial charge >= 0.3 is 6.18 Å². The quantitative estimate of drug-likeness (QED) is 0.187. The molecular formula is C32H35F5O. The van der Waals surface area contributed by atoms with Gasteiger partial charge in [0.15, 0.2) is 11.6 Å². The molecule has 3 aromatic rings. The Bertz CT molecular complexity index is 1160. The molecule has 1 aliphatic carbocycles. The number of alkyl halides is 3. The number of hydrogen-bond donors (Lipinski definition) is 0. The third kappa shape index (κ3) is 7.36. The van der Waals surface area contributed by atoms with Crippen molar-refractivity contribution in [3.05, 3.63) is 83.4 Å². The third-order valence-corrected chi connectivity index (χ3v) is 7.74. The number of benzene rings is 3. The molecule has 0 bridgehead atoms. The van der Waals surface area contributed by atoms with Crippen molar-refractivity contribution in [3.8, 4) is 22.6 Å². The van der Waals surface area contributed by atoms with Crippen LogP contribution in [0.2, 0.25) is 0 Å². The molecule has 0 aliphatic heterocycles. The Labute approximate surface area is 222 Å². The zero-order valence-corrected chi connectivity index (χ0v) is 21.8. The molecule has 0 atom stereocenters. The number of aryl methyl sites for hydroxylation is 1. The number of hydrogen-bond acceptors (Lipinski definition) is 1. The van der Waals surface area contributed by atoms with E-state index in [1.54, 1.807) is 0 Å². The van der Waals surface area contributed by atoms with Crippen LogP contribution in [0.3, 0.4) is 0 Å². The molecule has 0 heterocycles. The van der Waals surface area contributed by atoms with Crippen LogP contribution in [0.25, 0.3) is 11.1 Å². The molecular weight excluding hydrogens is 495 g/mol. The summed E-state index contributed by atoms with van der Waals surface area (Å²) in [5, 5.41) is 0. The van der Waals surface area contributed by atoms with Crippen molar-refractivity contribution in [2.24, 2.45) is 11.8 Å². The van der Waals surface area contributed by atoms with Gasteiger partial charge in [-0.15, -0.1) is 0 Å². The molecule has 0 amide bonds. The lowest BCUT2D eigenvalue weighted by atomic mass is 9.78. The topological polar surface area (TPSA) is 9.23 Å². The molecule has 204 valence electrons. The Hall–Kier alpha value is -2.89. The second-order valence-corrected chi connectivity index (χ2v) is 10.5. The minimum Gasteiger partial charge on any atom is -0.454 e. The van der Waals surface area contributed by atoms with Crippen LogP contribution >= 0.6 is 0 Å². The van der Waals surface area contributed by atoms with E-state index in [9.17, 15) is 22.0 Å². The highest BCUT2D eigenvalue weighted by Crippen LogP contribution is 2.39. The average molecular weight is 531 g/mol. The van der Waals surface area contributed by atoms with Crippen molar-refractivity contribution in [1.29, 1.82) is 0 Å². The van der Waals surface area contributed by atoms with Crippen LogP contribution in [0.1, 0.15) is 75.8 Å². The van der Waals surface area contributed by atoms with Crippen LogP contribution in [0.5, 0.6) is 11.5 Å². The lowest BCUT2D eigenvalue weighted by Crippen LogP contribution is -2.15. The summed E-state index contributed by atoms with van der Waals surface area (Å²) in [5.41, 5.74) is 1.31. The van der Waals surface area contributed by atoms with Crippen molar-refractivity contribution in [1.82, 2.24) is 0 Å². The predicted octanol–water partition coefficient (Wildman–Crippen LogP) is 10.8. The van der Waals surface area contributed by atoms with Gasteiger partial charge in [0.05, 0.1) is 5.56 Å². The molecule has 0 aromatic heterocycles. The van der Waals surface area contributed by atoms with Crippen molar-refractivity contribution in [2.45, 2.75) is 77.3 Å². The van der Waals surface area contributed by atoms with E-state index in [4.69, 9.17) is 4.74 Å². The highest BCUT2D eigenvalue weighted by molar-refractivity contribution is 5.71. The van der Waals surface area contributed by atoms with Crippen molar-refractivity contribution < 1.29 is 26.7 Å². The Morgan fingerprint density at radius 2 is 1.39 bits per heavy atom. The Morgan fingerprint density at radius 3 is 2.00 bits per heavy atom. The van der Waals surface area contributed by atoms with Gasteiger partial charge < -0.3 is 4.74 Å². The number of ether oxygens (including phenoxy) is 1. The lowest BCUT2D eigenvalue weighted by molar-refractivity contribution is -0.137. The van der Waals surface area contributed by atoms with E-state index < -0.39 is 23.4 Å². The number of halogens is 5. The molecule has 0 N–H and O–H groups in total. The fraction of sp³-hybridized carbons (Fsp3) is 0.438. The maximum absolute atomic E-state index is 14.7. The number of rotatable bonds is 10. The van der Waals surface area contributed by atoms with Gasteiger partial charge in [0.2, 0.25) is 5.82 Å². The second kappa shape index (κ2) is 12.8. The average Bonchev–Trinajstić information content (AvgIpc) is 2.91. The zero-order chi connectivity index (χ0) is 27.1. The van der Waals surface area contributed by atoms with Crippen molar-refractivity contribution >= 4 is 0 Å². The molecule has 1 aliphatic rings. The lowest BCUT2D eigenvalue weighted by Gasteiger charge is -2.28. The van der Waals surface area contributed by atoms with Gasteiger partial charge in [0, 0.05) is 5.56 Å². The fourth-order valence-corrected chi connectivity index (χ4v) is 5.40. The SMILES string of the molecule is CCCCCC1CCC(CCc2ccc(-c3ccc(F)c(F)c3Oc3ccc(C(F)(F)F)cc3)cc2)CC1. The van der Waals surface area contributed by atoms with E-state index in [2.05, 4.69) is 6.92 Å². The van der Waals surface area contributed by atoms with E-state index in [1.165, 1.54) is 63.0 Å². The minimum atomic E-state index is -4.50. The van der Waals surface area contributed by atoms with Gasteiger partial charge in [-0.1, -0.05) is 82.6 Å². The van der Waals surface area contributed by atoms with Gasteiger partial charge in [-0.25, -0.2) is 4.39 Å². The van der Waals surface area contributed by atoms with Crippen LogP contribution in [0.15, 0.2) is 60.7 Å². The van der Waals surface area contributed by atoms with Crippen LogP contribution in [0.4, 0.5) is 22.0 Å². The molecule has 1 fully saturated rings. The molecule has 4 rings (SSSR count). The molecule has 0 spiro atoms. The monoisotopic (exact) mass is 530 g/mol. The molecule has 0 saturated heterocycles. The fourth-order valence-electron chi connectivity index (χ4n) is 5.40. The standard InChI is InChI=1S/C32H35F5O/c1-2-3-4-5-22-6-8-23(9-7-22)10-11-24-12-14-25(15-13-24)28-20-21-29(33)30(34)31(28)38-27-18-16-26(17-19-27)32(35,36)37/h12-23H,2-11H2,1H3. The van der Waals surface area contributed by atoms with E-state index >= 15 is 0 Å². The van der Waals surface area contributed by atoms with Crippen molar-refractivity contribution in [3.63, 3.8) is 0 Å². The smallest absolute Gasteiger partial charge is 0.416 e. The first-order valence-corrected chi connectivity index (χ1v) is 13.7. The van der Waals surface area contributed by atoms with Crippen LogP contribution in [0, 0.1) is 23.5 Å². The van der Waals surface area contributed by atoms with Crippen LogP contribution in [-0.4, -0.2) is 0 Å². The van der Waals surface area contributed by atoms with Gasteiger partial charge in [-0.05, 0) is 72.2 Å². The van der Waals surface area contributed by atoms with Crippen molar-refractivity contribution in [2.75, 3.05) is 0 Å². The highest BCUT2D eigenvalue weighted by Gasteiger charge is 2.30. The van der Waals surface area contributed by atoms with E-state index in [-0.39, 0.29) is 11.5 Å². The summed E-state index contributed by atoms with van der Waals surface area (Å²) in [5.74, 6) is -0.989. The first-order chi connectivity index (χ1) is 18.2. The molecule has 0 radical (unpaired) electrons. The molecule has 1 nitrogen and oxygen atoms in total. The van der Waals surface area contributed by atoms with Crippen LogP contribution in [-0.2, 0) is 12.6 Å². The van der Waals surface area contributed by atoms with E-state index in [1.807, 2.05) is 24.3 Å². The van der Waals surface area contributed by atoms with Crippen LogP contribution < -0.4 is 4.74 Å². The summed E-state index contributed by atoms with van der Waals surface area (Å²) in [6.07, 6.45) is 8.24. The van der Waals surface area contributed by atoms with E-state index in [0.717, 1.165) is 55.0 Å². The van der Waals surface area contributed by atoms with Gasteiger partial charge in [0.25, 0.3) is 0 Å². The first kappa shape index (κ1) is 28.1. The largest absolute Gasteiger partial charge is 0.454 e.